The Kier molecular flexibility index (Phi) is 5.31. The second-order valence-corrected chi connectivity index (χ2v) is 4.46. The summed E-state index contributed by atoms with van der Waals surface area (Å²) in [6, 6.07) is 5.47. The molecule has 1 aromatic carbocycles. The first-order valence-electron chi connectivity index (χ1n) is 6.20. The van der Waals surface area contributed by atoms with Crippen molar-refractivity contribution >= 4 is 22.8 Å². The largest absolute Gasteiger partial charge is 0.539 e. The molecule has 4 N–H and O–H groups in total. The van der Waals surface area contributed by atoms with Gasteiger partial charge in [-0.3, -0.25) is 0 Å². The topological polar surface area (TPSA) is 129 Å². The van der Waals surface area contributed by atoms with Crippen molar-refractivity contribution in [3.05, 3.63) is 29.5 Å². The molecule has 0 spiro atoms. The quantitative estimate of drug-likeness (QED) is 0.641. The normalized spacial score (nSPS) is 10.0. The molecule has 1 aromatic heterocycles. The van der Waals surface area contributed by atoms with E-state index in [9.17, 15) is 5.11 Å². The van der Waals surface area contributed by atoms with Gasteiger partial charge in [0.2, 0.25) is 0 Å². The fourth-order valence-electron chi connectivity index (χ4n) is 2.10. The number of aromatic nitrogens is 1. The Morgan fingerprint density at radius 1 is 1.38 bits per heavy atom. The number of rotatable bonds is 2. The maximum atomic E-state index is 9.48. The van der Waals surface area contributed by atoms with E-state index in [0.29, 0.717) is 12.3 Å². The maximum Gasteiger partial charge on any atom is 0.351 e. The molecule has 0 aliphatic rings. The van der Waals surface area contributed by atoms with E-state index in [1.165, 1.54) is 11.3 Å². The molecule has 0 saturated carbocycles. The number of carboxylic acids is 2. The van der Waals surface area contributed by atoms with Gasteiger partial charge in [-0.25, -0.2) is 4.79 Å². The monoisotopic (exact) mass is 293 g/mol. The van der Waals surface area contributed by atoms with E-state index in [1.54, 1.807) is 6.07 Å². The number of carbonyl (C=O) groups is 2. The molecule has 0 fully saturated rings. The minimum absolute atomic E-state index is 0.311. The van der Waals surface area contributed by atoms with Gasteiger partial charge in [0, 0.05) is 23.6 Å². The van der Waals surface area contributed by atoms with Crippen molar-refractivity contribution in [2.45, 2.75) is 13.3 Å². The number of carboxylic acid groups (broad SMARTS) is 2. The standard InChI is InChI=1S/C12H16N2O.C2H2O4/c1-8-10(5-6-13)11-7-9(15)3-4-12(11)14(8)2;3-1(4)2(5)6/h3-4,7,15H,5-6,13H2,1-2H3;(H,3,4)(H,5,6)/p-1. The summed E-state index contributed by atoms with van der Waals surface area (Å²) in [5, 5.41) is 26.9. The third-order valence-electron chi connectivity index (χ3n) is 3.18. The highest BCUT2D eigenvalue weighted by molar-refractivity contribution is 6.26. The van der Waals surface area contributed by atoms with Crippen molar-refractivity contribution in [1.29, 1.82) is 0 Å². The second kappa shape index (κ2) is 6.76. The Hall–Kier alpha value is -2.54. The molecule has 0 atom stereocenters. The van der Waals surface area contributed by atoms with Crippen LogP contribution in [0.25, 0.3) is 10.9 Å². The summed E-state index contributed by atoms with van der Waals surface area (Å²) in [6.45, 7) is 2.72. The summed E-state index contributed by atoms with van der Waals surface area (Å²) in [5.41, 5.74) is 9.21. The second-order valence-electron chi connectivity index (χ2n) is 4.46. The molecule has 7 nitrogen and oxygen atoms in total. The molecule has 0 aliphatic carbocycles. The van der Waals surface area contributed by atoms with Gasteiger partial charge < -0.3 is 30.4 Å². The smallest absolute Gasteiger partial charge is 0.351 e. The van der Waals surface area contributed by atoms with Gasteiger partial charge in [-0.2, -0.15) is 0 Å². The number of nitrogens with zero attached hydrogens (tertiary/aromatic N) is 1. The van der Waals surface area contributed by atoms with Gasteiger partial charge in [-0.15, -0.1) is 0 Å². The number of nitrogens with two attached hydrogens (primary N) is 1. The Morgan fingerprint density at radius 2 is 1.95 bits per heavy atom. The van der Waals surface area contributed by atoms with Crippen LogP contribution in [0.1, 0.15) is 11.3 Å². The molecular formula is C14H17N2O5-. The molecule has 2 aromatic rings. The first-order chi connectivity index (χ1) is 9.79. The SMILES string of the molecule is Cc1c(CCN)c2cc(O)ccc2n1C.O=C([O-])C(=O)O. The van der Waals surface area contributed by atoms with Crippen LogP contribution in [0.2, 0.25) is 0 Å². The van der Waals surface area contributed by atoms with E-state index in [4.69, 9.17) is 25.5 Å². The number of phenolic OH excluding ortho intramolecular Hbond substituents is 1. The lowest BCUT2D eigenvalue weighted by molar-refractivity contribution is -0.303. The highest BCUT2D eigenvalue weighted by Crippen LogP contribution is 2.28. The Labute approximate surface area is 121 Å². The van der Waals surface area contributed by atoms with E-state index in [0.717, 1.165) is 17.3 Å². The fraction of sp³-hybridized carbons (Fsp3) is 0.286. The van der Waals surface area contributed by atoms with Crippen molar-refractivity contribution in [1.82, 2.24) is 4.57 Å². The number of aromatic hydroxyl groups is 1. The first-order valence-corrected chi connectivity index (χ1v) is 6.20. The lowest BCUT2D eigenvalue weighted by Crippen LogP contribution is -2.30. The molecule has 0 unspecified atom stereocenters. The van der Waals surface area contributed by atoms with Gasteiger partial charge in [0.15, 0.2) is 5.97 Å². The van der Waals surface area contributed by atoms with Crippen molar-refractivity contribution < 1.29 is 24.9 Å². The van der Waals surface area contributed by atoms with Crippen molar-refractivity contribution in [3.8, 4) is 5.75 Å². The minimum atomic E-state index is -2.07. The van der Waals surface area contributed by atoms with E-state index in [1.807, 2.05) is 19.2 Å². The van der Waals surface area contributed by atoms with Gasteiger partial charge in [0.1, 0.15) is 5.75 Å². The Morgan fingerprint density at radius 3 is 2.43 bits per heavy atom. The molecule has 0 amide bonds. The van der Waals surface area contributed by atoms with Crippen LogP contribution in [-0.2, 0) is 23.1 Å². The number of hydrogen-bond acceptors (Lipinski definition) is 5. The van der Waals surface area contributed by atoms with Gasteiger partial charge in [0.05, 0.1) is 0 Å². The zero-order chi connectivity index (χ0) is 16.2. The summed E-state index contributed by atoms with van der Waals surface area (Å²) in [4.78, 5) is 18.0. The predicted octanol–water partition coefficient (Wildman–Crippen LogP) is -0.486. The van der Waals surface area contributed by atoms with Crippen LogP contribution >= 0.6 is 0 Å². The van der Waals surface area contributed by atoms with Crippen LogP contribution in [0.5, 0.6) is 5.75 Å². The third-order valence-corrected chi connectivity index (χ3v) is 3.18. The highest BCUT2D eigenvalue weighted by Gasteiger charge is 2.11. The molecule has 0 saturated heterocycles. The molecule has 2 rings (SSSR count). The van der Waals surface area contributed by atoms with Crippen molar-refractivity contribution in [2.24, 2.45) is 12.8 Å². The summed E-state index contributed by atoms with van der Waals surface area (Å²) in [5.74, 6) is -3.70. The van der Waals surface area contributed by atoms with E-state index in [2.05, 4.69) is 11.5 Å². The van der Waals surface area contributed by atoms with E-state index >= 15 is 0 Å². The van der Waals surface area contributed by atoms with E-state index < -0.39 is 11.9 Å². The van der Waals surface area contributed by atoms with Crippen LogP contribution in [0, 0.1) is 6.92 Å². The van der Waals surface area contributed by atoms with Gasteiger partial charge >= 0.3 is 5.97 Å². The van der Waals surface area contributed by atoms with Crippen molar-refractivity contribution in [2.75, 3.05) is 6.54 Å². The van der Waals surface area contributed by atoms with Gasteiger partial charge in [-0.05, 0) is 43.7 Å². The van der Waals surface area contributed by atoms with Crippen LogP contribution < -0.4 is 10.8 Å². The first kappa shape index (κ1) is 16.5. The number of hydrogen-bond donors (Lipinski definition) is 3. The van der Waals surface area contributed by atoms with Gasteiger partial charge in [0.25, 0.3) is 0 Å². The lowest BCUT2D eigenvalue weighted by atomic mass is 10.1. The molecule has 1 heterocycles. The summed E-state index contributed by atoms with van der Waals surface area (Å²) >= 11 is 0. The van der Waals surface area contributed by atoms with Crippen molar-refractivity contribution in [3.63, 3.8) is 0 Å². The minimum Gasteiger partial charge on any atom is -0.539 e. The van der Waals surface area contributed by atoms with Crippen LogP contribution in [0.4, 0.5) is 0 Å². The Bertz CT molecular complexity index is 664. The zero-order valence-electron chi connectivity index (χ0n) is 11.8. The number of aryl methyl sites for hydroxylation is 1. The number of aliphatic carboxylic acids is 2. The third kappa shape index (κ3) is 3.73. The molecular weight excluding hydrogens is 276 g/mol. The average molecular weight is 293 g/mol. The average Bonchev–Trinajstić information content (AvgIpc) is 2.64. The van der Waals surface area contributed by atoms with Crippen LogP contribution in [0.3, 0.4) is 0 Å². The Balaban J connectivity index is 0.000000315. The van der Waals surface area contributed by atoms with Crippen LogP contribution in [0.15, 0.2) is 18.2 Å². The maximum absolute atomic E-state index is 9.48. The molecule has 7 heteroatoms. The number of carbonyl (C=O) groups excluding carboxylic acids is 1. The summed E-state index contributed by atoms with van der Waals surface area (Å²) in [6.07, 6.45) is 0.854. The predicted molar refractivity (Wildman–Crippen MR) is 74.7 cm³/mol. The fourth-order valence-corrected chi connectivity index (χ4v) is 2.10. The van der Waals surface area contributed by atoms with E-state index in [-0.39, 0.29) is 0 Å². The molecule has 0 bridgehead atoms. The zero-order valence-corrected chi connectivity index (χ0v) is 11.8. The molecule has 0 radical (unpaired) electrons. The van der Waals surface area contributed by atoms with Gasteiger partial charge in [-0.1, -0.05) is 0 Å². The number of benzene rings is 1. The highest BCUT2D eigenvalue weighted by atomic mass is 16.4. The number of fused-ring (bicyclic) bond motifs is 1. The number of phenols is 1. The molecule has 114 valence electrons. The van der Waals surface area contributed by atoms with Crippen LogP contribution in [-0.4, -0.2) is 33.3 Å². The molecule has 21 heavy (non-hydrogen) atoms. The summed E-state index contributed by atoms with van der Waals surface area (Å²) in [7, 11) is 2.04. The molecule has 0 aliphatic heterocycles. The lowest BCUT2D eigenvalue weighted by Gasteiger charge is -1.99. The summed E-state index contributed by atoms with van der Waals surface area (Å²) < 4.78 is 2.14.